The highest BCUT2D eigenvalue weighted by atomic mass is 16.5. The Balaban J connectivity index is 1.40. The number of nitrogens with one attached hydrogen (secondary N) is 1. The van der Waals surface area contributed by atoms with E-state index >= 15 is 0 Å². The number of hydrogen-bond donors (Lipinski definition) is 2. The van der Waals surface area contributed by atoms with Crippen molar-refractivity contribution in [2.24, 2.45) is 5.92 Å². The molecule has 0 unspecified atom stereocenters. The molecule has 0 radical (unpaired) electrons. The molecule has 0 bridgehead atoms. The molecule has 0 spiro atoms. The van der Waals surface area contributed by atoms with Crippen molar-refractivity contribution in [3.8, 4) is 0 Å². The Morgan fingerprint density at radius 2 is 1.74 bits per heavy atom. The Morgan fingerprint density at radius 1 is 1.09 bits per heavy atom. The van der Waals surface area contributed by atoms with Gasteiger partial charge in [-0.2, -0.15) is 0 Å². The second-order valence-corrected chi connectivity index (χ2v) is 10.4. The smallest absolute Gasteiger partial charge is 0.407 e. The highest BCUT2D eigenvalue weighted by molar-refractivity contribution is 5.91. The van der Waals surface area contributed by atoms with Crippen molar-refractivity contribution in [2.45, 2.75) is 88.9 Å². The maximum absolute atomic E-state index is 13.8. The van der Waals surface area contributed by atoms with Crippen LogP contribution in [0.25, 0.3) is 0 Å². The first kappa shape index (κ1) is 25.5. The summed E-state index contributed by atoms with van der Waals surface area (Å²) in [5.74, 6) is -0.389. The molecule has 192 valence electrons. The molecule has 1 aliphatic heterocycles. The van der Waals surface area contributed by atoms with Crippen molar-refractivity contribution in [3.63, 3.8) is 0 Å². The number of carbonyl (C=O) groups excluding carboxylic acids is 2. The van der Waals surface area contributed by atoms with E-state index in [0.29, 0.717) is 13.2 Å². The molecule has 4 rings (SSSR count). The molecule has 1 heterocycles. The van der Waals surface area contributed by atoms with E-state index in [9.17, 15) is 19.5 Å². The SMILES string of the molecule is C[C@@H](C(=O)N[C@H](C(=O)N1CCC[C@H]1COC1Cc2ccccc2C1)C1CCCCC1)N(C)C(=O)O. The number of hydrogen-bond acceptors (Lipinski definition) is 4. The van der Waals surface area contributed by atoms with E-state index in [4.69, 9.17) is 4.74 Å². The first-order valence-corrected chi connectivity index (χ1v) is 13.1. The van der Waals surface area contributed by atoms with Crippen LogP contribution >= 0.6 is 0 Å². The molecule has 2 N–H and O–H groups in total. The van der Waals surface area contributed by atoms with Gasteiger partial charge in [0.2, 0.25) is 11.8 Å². The summed E-state index contributed by atoms with van der Waals surface area (Å²) in [6, 6.07) is 6.96. The number of amides is 3. The average Bonchev–Trinajstić information content (AvgIpc) is 3.51. The molecule has 8 nitrogen and oxygen atoms in total. The number of benzene rings is 1. The second kappa shape index (κ2) is 11.4. The molecule has 1 aromatic carbocycles. The number of fused-ring (bicyclic) bond motifs is 1. The van der Waals surface area contributed by atoms with Crippen LogP contribution in [-0.4, -0.2) is 77.2 Å². The summed E-state index contributed by atoms with van der Waals surface area (Å²) in [5.41, 5.74) is 2.69. The highest BCUT2D eigenvalue weighted by Gasteiger charge is 2.39. The number of likely N-dealkylation sites (N-methyl/N-ethyl adjacent to an activating group) is 1. The molecular formula is C27H39N3O5. The molecule has 0 aromatic heterocycles. The van der Waals surface area contributed by atoms with Crippen molar-refractivity contribution in [2.75, 3.05) is 20.2 Å². The number of likely N-dealkylation sites (tertiary alicyclic amines) is 1. The van der Waals surface area contributed by atoms with E-state index in [1.54, 1.807) is 6.92 Å². The molecule has 3 aliphatic rings. The Bertz CT molecular complexity index is 891. The van der Waals surface area contributed by atoms with Gasteiger partial charge in [-0.15, -0.1) is 0 Å². The van der Waals surface area contributed by atoms with Crippen molar-refractivity contribution in [1.29, 1.82) is 0 Å². The van der Waals surface area contributed by atoms with Crippen molar-refractivity contribution >= 4 is 17.9 Å². The van der Waals surface area contributed by atoms with Gasteiger partial charge in [-0.25, -0.2) is 4.79 Å². The van der Waals surface area contributed by atoms with Gasteiger partial charge in [-0.3, -0.25) is 14.5 Å². The van der Waals surface area contributed by atoms with E-state index in [1.807, 2.05) is 4.90 Å². The molecule has 1 saturated carbocycles. The third-order valence-electron chi connectivity index (χ3n) is 8.15. The Labute approximate surface area is 208 Å². The van der Waals surface area contributed by atoms with Gasteiger partial charge >= 0.3 is 6.09 Å². The molecule has 2 fully saturated rings. The molecule has 35 heavy (non-hydrogen) atoms. The zero-order chi connectivity index (χ0) is 24.9. The summed E-state index contributed by atoms with van der Waals surface area (Å²) < 4.78 is 6.30. The summed E-state index contributed by atoms with van der Waals surface area (Å²) in [4.78, 5) is 41.0. The van der Waals surface area contributed by atoms with E-state index in [0.717, 1.165) is 62.7 Å². The van der Waals surface area contributed by atoms with Gasteiger partial charge in [0.05, 0.1) is 18.8 Å². The quantitative estimate of drug-likeness (QED) is 0.589. The Morgan fingerprint density at radius 3 is 2.37 bits per heavy atom. The molecule has 3 atom stereocenters. The van der Waals surface area contributed by atoms with Gasteiger partial charge in [-0.1, -0.05) is 43.5 Å². The van der Waals surface area contributed by atoms with Crippen LogP contribution in [0.5, 0.6) is 0 Å². The predicted molar refractivity (Wildman–Crippen MR) is 132 cm³/mol. The van der Waals surface area contributed by atoms with Crippen LogP contribution in [0.3, 0.4) is 0 Å². The average molecular weight is 486 g/mol. The van der Waals surface area contributed by atoms with Crippen LogP contribution in [0.4, 0.5) is 4.79 Å². The number of rotatable bonds is 8. The minimum atomic E-state index is -1.17. The third kappa shape index (κ3) is 5.97. The summed E-state index contributed by atoms with van der Waals surface area (Å²) in [5, 5.41) is 12.2. The van der Waals surface area contributed by atoms with Crippen LogP contribution in [0.2, 0.25) is 0 Å². The first-order valence-electron chi connectivity index (χ1n) is 13.1. The Hall–Kier alpha value is -2.61. The van der Waals surface area contributed by atoms with Gasteiger partial charge in [0.1, 0.15) is 12.1 Å². The monoisotopic (exact) mass is 485 g/mol. The molecule has 1 aromatic rings. The highest BCUT2D eigenvalue weighted by Crippen LogP contribution is 2.30. The van der Waals surface area contributed by atoms with Gasteiger partial charge in [-0.05, 0) is 62.5 Å². The standard InChI is InChI=1S/C27H39N3O5/c1-18(29(2)27(33)34)25(31)28-24(19-9-4-3-5-10-19)26(32)30-14-8-13-22(30)17-35-23-15-20-11-6-7-12-21(20)16-23/h6-7,11-12,18-19,22-24H,3-5,8-10,13-17H2,1-2H3,(H,28,31)(H,33,34)/t18-,22-,24-/m0/s1. The van der Waals surface area contributed by atoms with Crippen molar-refractivity contribution in [3.05, 3.63) is 35.4 Å². The zero-order valence-corrected chi connectivity index (χ0v) is 20.9. The minimum absolute atomic E-state index is 0.00771. The van der Waals surface area contributed by atoms with Gasteiger partial charge < -0.3 is 20.1 Å². The predicted octanol–water partition coefficient (Wildman–Crippen LogP) is 3.22. The number of nitrogens with zero attached hydrogens (tertiary/aromatic N) is 2. The van der Waals surface area contributed by atoms with E-state index in [1.165, 1.54) is 18.2 Å². The largest absolute Gasteiger partial charge is 0.465 e. The summed E-state index contributed by atoms with van der Waals surface area (Å²) in [7, 11) is 1.37. The maximum atomic E-state index is 13.8. The lowest BCUT2D eigenvalue weighted by atomic mass is 9.83. The van der Waals surface area contributed by atoms with Gasteiger partial charge in [0.15, 0.2) is 0 Å². The normalized spacial score (nSPS) is 22.5. The fourth-order valence-corrected chi connectivity index (χ4v) is 5.83. The topological polar surface area (TPSA) is 99.2 Å². The molecule has 3 amide bonds. The van der Waals surface area contributed by atoms with Gasteiger partial charge in [0.25, 0.3) is 0 Å². The lowest BCUT2D eigenvalue weighted by molar-refractivity contribution is -0.141. The zero-order valence-electron chi connectivity index (χ0n) is 20.9. The second-order valence-electron chi connectivity index (χ2n) is 10.4. The number of carboxylic acid groups (broad SMARTS) is 1. The number of ether oxygens (including phenoxy) is 1. The first-order chi connectivity index (χ1) is 16.8. The number of carbonyl (C=O) groups is 3. The molecule has 2 aliphatic carbocycles. The minimum Gasteiger partial charge on any atom is -0.465 e. The van der Waals surface area contributed by atoms with Crippen LogP contribution in [0, 0.1) is 5.92 Å². The van der Waals surface area contributed by atoms with Crippen LogP contribution < -0.4 is 5.32 Å². The summed E-state index contributed by atoms with van der Waals surface area (Å²) in [6.45, 7) is 2.73. The Kier molecular flexibility index (Phi) is 8.31. The van der Waals surface area contributed by atoms with Crippen LogP contribution in [0.15, 0.2) is 24.3 Å². The van der Waals surface area contributed by atoms with Gasteiger partial charge in [0, 0.05) is 13.6 Å². The lowest BCUT2D eigenvalue weighted by Crippen LogP contribution is -2.57. The fraction of sp³-hybridized carbons (Fsp3) is 0.667. The summed E-state index contributed by atoms with van der Waals surface area (Å²) >= 11 is 0. The maximum Gasteiger partial charge on any atom is 0.407 e. The van der Waals surface area contributed by atoms with Crippen LogP contribution in [-0.2, 0) is 27.2 Å². The van der Waals surface area contributed by atoms with Crippen molar-refractivity contribution in [1.82, 2.24) is 15.1 Å². The molecule has 1 saturated heterocycles. The van der Waals surface area contributed by atoms with E-state index in [2.05, 4.69) is 29.6 Å². The third-order valence-corrected chi connectivity index (χ3v) is 8.15. The van der Waals surface area contributed by atoms with Crippen molar-refractivity contribution < 1.29 is 24.2 Å². The summed E-state index contributed by atoms with van der Waals surface area (Å²) in [6.07, 6.45) is 7.65. The van der Waals surface area contributed by atoms with E-state index in [-0.39, 0.29) is 24.0 Å². The van der Waals surface area contributed by atoms with E-state index < -0.39 is 24.1 Å². The van der Waals surface area contributed by atoms with Crippen LogP contribution in [0.1, 0.15) is 63.0 Å². The lowest BCUT2D eigenvalue weighted by Gasteiger charge is -2.36. The molecule has 8 heteroatoms. The molecular weight excluding hydrogens is 446 g/mol. The fourth-order valence-electron chi connectivity index (χ4n) is 5.83.